The van der Waals surface area contributed by atoms with Gasteiger partial charge in [0.05, 0.1) is 0 Å². The molecule has 13 heavy (non-hydrogen) atoms. The molecule has 0 aromatic rings. The van der Waals surface area contributed by atoms with Gasteiger partial charge in [-0.2, -0.15) is 0 Å². The van der Waals surface area contributed by atoms with Crippen molar-refractivity contribution in [1.29, 1.82) is 0 Å². The number of allylic oxidation sites excluding steroid dienone is 2. The van der Waals surface area contributed by atoms with Gasteiger partial charge in [-0.05, 0) is 37.5 Å². The van der Waals surface area contributed by atoms with Crippen molar-refractivity contribution in [2.45, 2.75) is 37.8 Å². The molecule has 1 N–H and O–H groups in total. The molecule has 1 heterocycles. The molecule has 1 nitrogen and oxygen atoms in total. The second-order valence-corrected chi connectivity index (χ2v) is 4.56. The third-order valence-electron chi connectivity index (χ3n) is 3.88. The Bertz CT molecular complexity index is 228. The third-order valence-corrected chi connectivity index (χ3v) is 3.88. The van der Waals surface area contributed by atoms with Gasteiger partial charge in [0, 0.05) is 12.1 Å². The molecule has 1 saturated heterocycles. The van der Waals surface area contributed by atoms with Gasteiger partial charge < -0.3 is 5.32 Å². The summed E-state index contributed by atoms with van der Waals surface area (Å²) in [6.45, 7) is 0. The zero-order valence-corrected chi connectivity index (χ0v) is 7.95. The predicted octanol–water partition coefficient (Wildman–Crippen LogP) is 2.26. The topological polar surface area (TPSA) is 12.0 Å². The van der Waals surface area contributed by atoms with Crippen molar-refractivity contribution >= 4 is 0 Å². The van der Waals surface area contributed by atoms with Gasteiger partial charge in [-0.25, -0.2) is 0 Å². The highest BCUT2D eigenvalue weighted by atomic mass is 15.0. The van der Waals surface area contributed by atoms with Crippen LogP contribution in [0.2, 0.25) is 0 Å². The van der Waals surface area contributed by atoms with Gasteiger partial charge in [0.1, 0.15) is 0 Å². The lowest BCUT2D eigenvalue weighted by molar-refractivity contribution is 0.321. The Morgan fingerprint density at radius 3 is 1.92 bits per heavy atom. The summed E-state index contributed by atoms with van der Waals surface area (Å²) < 4.78 is 0. The fourth-order valence-corrected chi connectivity index (χ4v) is 3.25. The van der Waals surface area contributed by atoms with Crippen molar-refractivity contribution in [2.24, 2.45) is 11.8 Å². The van der Waals surface area contributed by atoms with E-state index >= 15 is 0 Å². The molecule has 4 unspecified atom stereocenters. The van der Waals surface area contributed by atoms with Crippen molar-refractivity contribution in [3.8, 4) is 0 Å². The first-order valence-corrected chi connectivity index (χ1v) is 5.54. The lowest BCUT2D eigenvalue weighted by Gasteiger charge is -2.26. The summed E-state index contributed by atoms with van der Waals surface area (Å²) in [5.74, 6) is 1.86. The molecule has 70 valence electrons. The maximum atomic E-state index is 3.72. The second kappa shape index (κ2) is 2.98. The molecular formula is C12H17N. The summed E-state index contributed by atoms with van der Waals surface area (Å²) >= 11 is 0. The molecule has 0 aromatic heterocycles. The molecular weight excluding hydrogens is 158 g/mol. The number of rotatable bonds is 0. The highest BCUT2D eigenvalue weighted by molar-refractivity contribution is 5.16. The van der Waals surface area contributed by atoms with Crippen molar-refractivity contribution < 1.29 is 0 Å². The zero-order chi connectivity index (χ0) is 8.67. The molecule has 0 saturated carbocycles. The highest BCUT2D eigenvalue weighted by Crippen LogP contribution is 2.39. The first-order chi connectivity index (χ1) is 6.45. The van der Waals surface area contributed by atoms with E-state index in [0.29, 0.717) is 12.1 Å². The fraction of sp³-hybridized carbons (Fsp3) is 0.667. The first-order valence-electron chi connectivity index (χ1n) is 5.54. The highest BCUT2D eigenvalue weighted by Gasteiger charge is 2.41. The normalized spacial score (nSPS) is 47.4. The first kappa shape index (κ1) is 7.81. The molecule has 0 radical (unpaired) electrons. The minimum Gasteiger partial charge on any atom is -0.304 e. The number of hydrogen-bond donors (Lipinski definition) is 1. The average Bonchev–Trinajstić information content (AvgIpc) is 2.56. The van der Waals surface area contributed by atoms with Gasteiger partial charge in [-0.15, -0.1) is 0 Å². The van der Waals surface area contributed by atoms with Gasteiger partial charge in [0.2, 0.25) is 0 Å². The Kier molecular flexibility index (Phi) is 1.79. The fourth-order valence-electron chi connectivity index (χ4n) is 3.25. The van der Waals surface area contributed by atoms with Crippen LogP contribution in [0.1, 0.15) is 25.7 Å². The predicted molar refractivity (Wildman–Crippen MR) is 54.4 cm³/mol. The molecule has 3 rings (SSSR count). The number of nitrogens with one attached hydrogen (secondary N) is 1. The van der Waals surface area contributed by atoms with Crippen LogP contribution in [0.4, 0.5) is 0 Å². The summed E-state index contributed by atoms with van der Waals surface area (Å²) in [6.07, 6.45) is 14.9. The van der Waals surface area contributed by atoms with E-state index in [9.17, 15) is 0 Å². The average molecular weight is 175 g/mol. The largest absolute Gasteiger partial charge is 0.304 e. The second-order valence-electron chi connectivity index (χ2n) is 4.56. The van der Waals surface area contributed by atoms with Gasteiger partial charge in [0.25, 0.3) is 0 Å². The van der Waals surface area contributed by atoms with Crippen LogP contribution in [0, 0.1) is 11.8 Å². The Hall–Kier alpha value is -0.560. The summed E-state index contributed by atoms with van der Waals surface area (Å²) in [5, 5.41) is 3.72. The van der Waals surface area contributed by atoms with E-state index in [4.69, 9.17) is 0 Å². The molecule has 0 bridgehead atoms. The van der Waals surface area contributed by atoms with E-state index in [1.807, 2.05) is 0 Å². The van der Waals surface area contributed by atoms with Crippen molar-refractivity contribution in [3.05, 3.63) is 24.3 Å². The Morgan fingerprint density at radius 2 is 1.38 bits per heavy atom. The molecule has 0 amide bonds. The molecule has 2 aliphatic carbocycles. The van der Waals surface area contributed by atoms with Crippen molar-refractivity contribution in [2.75, 3.05) is 0 Å². The summed E-state index contributed by atoms with van der Waals surface area (Å²) in [4.78, 5) is 0. The molecule has 1 fully saturated rings. The lowest BCUT2D eigenvalue weighted by atomic mass is 9.77. The van der Waals surface area contributed by atoms with Crippen LogP contribution in [0.15, 0.2) is 24.3 Å². The zero-order valence-electron chi connectivity index (χ0n) is 7.95. The molecule has 3 aliphatic rings. The van der Waals surface area contributed by atoms with Crippen LogP contribution >= 0.6 is 0 Å². The van der Waals surface area contributed by atoms with Crippen LogP contribution in [0.3, 0.4) is 0 Å². The van der Waals surface area contributed by atoms with E-state index in [2.05, 4.69) is 29.6 Å². The molecule has 1 aliphatic heterocycles. The van der Waals surface area contributed by atoms with E-state index < -0.39 is 0 Å². The van der Waals surface area contributed by atoms with Crippen molar-refractivity contribution in [1.82, 2.24) is 5.32 Å². The summed E-state index contributed by atoms with van der Waals surface area (Å²) in [6, 6.07) is 1.37. The van der Waals surface area contributed by atoms with Crippen LogP contribution in [-0.2, 0) is 0 Å². The number of fused-ring (bicyclic) bond motifs is 3. The minimum atomic E-state index is 0.687. The smallest absolute Gasteiger partial charge is 0.0287 e. The SMILES string of the molecule is C1=CC2NC3C=CCCC3C2CC1. The summed E-state index contributed by atoms with van der Waals surface area (Å²) in [5.41, 5.74) is 0. The van der Waals surface area contributed by atoms with E-state index in [1.165, 1.54) is 25.7 Å². The van der Waals surface area contributed by atoms with Gasteiger partial charge in [-0.1, -0.05) is 24.3 Å². The maximum absolute atomic E-state index is 3.72. The Balaban J connectivity index is 1.87. The quantitative estimate of drug-likeness (QED) is 0.557. The van der Waals surface area contributed by atoms with E-state index in [1.54, 1.807) is 0 Å². The van der Waals surface area contributed by atoms with Crippen molar-refractivity contribution in [3.63, 3.8) is 0 Å². The van der Waals surface area contributed by atoms with Gasteiger partial charge in [-0.3, -0.25) is 0 Å². The summed E-state index contributed by atoms with van der Waals surface area (Å²) in [7, 11) is 0. The van der Waals surface area contributed by atoms with Crippen LogP contribution < -0.4 is 5.32 Å². The minimum absolute atomic E-state index is 0.687. The van der Waals surface area contributed by atoms with Gasteiger partial charge >= 0.3 is 0 Å². The van der Waals surface area contributed by atoms with Crippen LogP contribution in [0.25, 0.3) is 0 Å². The van der Waals surface area contributed by atoms with E-state index in [-0.39, 0.29) is 0 Å². The Labute approximate surface area is 79.9 Å². The Morgan fingerprint density at radius 1 is 0.846 bits per heavy atom. The standard InChI is InChI=1S/C12H17N/c1-3-7-11-9(5-1)10-6-2-4-8-12(10)13-11/h3-4,7-13H,1-2,5-6H2. The van der Waals surface area contributed by atoms with Gasteiger partial charge in [0.15, 0.2) is 0 Å². The molecule has 1 heteroatoms. The third kappa shape index (κ3) is 1.18. The lowest BCUT2D eigenvalue weighted by Crippen LogP contribution is -2.30. The number of hydrogen-bond acceptors (Lipinski definition) is 1. The monoisotopic (exact) mass is 175 g/mol. The molecule has 0 aromatic carbocycles. The molecule has 0 spiro atoms. The van der Waals surface area contributed by atoms with Crippen LogP contribution in [-0.4, -0.2) is 12.1 Å². The molecule has 4 atom stereocenters. The van der Waals surface area contributed by atoms with Crippen LogP contribution in [0.5, 0.6) is 0 Å². The van der Waals surface area contributed by atoms with E-state index in [0.717, 1.165) is 11.8 Å². The maximum Gasteiger partial charge on any atom is 0.0287 e.